The molecule has 0 saturated heterocycles. The third-order valence-corrected chi connectivity index (χ3v) is 5.60. The van der Waals surface area contributed by atoms with Crippen molar-refractivity contribution in [2.75, 3.05) is 20.6 Å². The lowest BCUT2D eigenvalue weighted by Crippen LogP contribution is -2.31. The zero-order valence-electron chi connectivity index (χ0n) is 19.2. The van der Waals surface area contributed by atoms with Crippen LogP contribution in [0.2, 0.25) is 0 Å². The highest BCUT2D eigenvalue weighted by Gasteiger charge is 2.27. The first-order valence-corrected chi connectivity index (χ1v) is 11.2. The SMILES string of the molecule is CN(C)C(=O)c1c(-c2ccccc2)nc2ccccc2c1C(=O)NCCCc1cccc(F)c1. The molecule has 0 spiro atoms. The maximum atomic E-state index is 13.5. The number of amides is 2. The number of hydrogen-bond acceptors (Lipinski definition) is 3. The summed E-state index contributed by atoms with van der Waals surface area (Å²) >= 11 is 0. The van der Waals surface area contributed by atoms with Crippen LogP contribution in [-0.4, -0.2) is 42.3 Å². The molecule has 2 amide bonds. The summed E-state index contributed by atoms with van der Waals surface area (Å²) in [5, 5.41) is 3.58. The van der Waals surface area contributed by atoms with E-state index in [-0.39, 0.29) is 23.2 Å². The normalized spacial score (nSPS) is 10.8. The lowest BCUT2D eigenvalue weighted by atomic mass is 9.95. The van der Waals surface area contributed by atoms with Crippen molar-refractivity contribution in [3.05, 3.63) is 101 Å². The monoisotopic (exact) mass is 455 g/mol. The Bertz CT molecular complexity index is 1340. The van der Waals surface area contributed by atoms with E-state index in [9.17, 15) is 14.0 Å². The van der Waals surface area contributed by atoms with Crippen molar-refractivity contribution in [3.63, 3.8) is 0 Å². The van der Waals surface area contributed by atoms with Crippen LogP contribution in [0.1, 0.15) is 32.7 Å². The summed E-state index contributed by atoms with van der Waals surface area (Å²) in [6.07, 6.45) is 1.27. The van der Waals surface area contributed by atoms with E-state index in [1.54, 1.807) is 20.2 Å². The highest BCUT2D eigenvalue weighted by Crippen LogP contribution is 2.31. The molecule has 0 unspecified atom stereocenters. The van der Waals surface area contributed by atoms with Gasteiger partial charge in [-0.1, -0.05) is 60.7 Å². The van der Waals surface area contributed by atoms with Crippen LogP contribution >= 0.6 is 0 Å². The lowest BCUT2D eigenvalue weighted by molar-refractivity contribution is 0.0819. The number of para-hydroxylation sites is 1. The van der Waals surface area contributed by atoms with Crippen LogP contribution in [0.15, 0.2) is 78.9 Å². The van der Waals surface area contributed by atoms with E-state index in [4.69, 9.17) is 4.98 Å². The van der Waals surface area contributed by atoms with Crippen LogP contribution in [0.4, 0.5) is 4.39 Å². The molecule has 0 aliphatic rings. The van der Waals surface area contributed by atoms with Gasteiger partial charge in [0.2, 0.25) is 0 Å². The van der Waals surface area contributed by atoms with Gasteiger partial charge in [0.15, 0.2) is 0 Å². The van der Waals surface area contributed by atoms with Crippen LogP contribution in [-0.2, 0) is 6.42 Å². The predicted octanol–water partition coefficient (Wildman–Crippen LogP) is 5.11. The van der Waals surface area contributed by atoms with Gasteiger partial charge in [0, 0.05) is 31.6 Å². The highest BCUT2D eigenvalue weighted by molar-refractivity contribution is 6.17. The average Bonchev–Trinajstić information content (AvgIpc) is 2.85. The quantitative estimate of drug-likeness (QED) is 0.394. The molecule has 5 nitrogen and oxygen atoms in total. The molecule has 0 radical (unpaired) electrons. The summed E-state index contributed by atoms with van der Waals surface area (Å²) in [5.41, 5.74) is 3.34. The van der Waals surface area contributed by atoms with E-state index in [1.807, 2.05) is 60.7 Å². The van der Waals surface area contributed by atoms with Crippen LogP contribution in [0.5, 0.6) is 0 Å². The van der Waals surface area contributed by atoms with Gasteiger partial charge in [0.1, 0.15) is 5.82 Å². The third-order valence-electron chi connectivity index (χ3n) is 5.60. The number of hydrogen-bond donors (Lipinski definition) is 1. The number of aromatic nitrogens is 1. The number of halogens is 1. The van der Waals surface area contributed by atoms with Crippen LogP contribution in [0.25, 0.3) is 22.2 Å². The molecule has 6 heteroatoms. The number of aryl methyl sites for hydroxylation is 1. The van der Waals surface area contributed by atoms with Crippen molar-refractivity contribution in [3.8, 4) is 11.3 Å². The molecule has 0 atom stereocenters. The molecule has 1 heterocycles. The van der Waals surface area contributed by atoms with E-state index < -0.39 is 0 Å². The molecule has 0 bridgehead atoms. The second-order valence-corrected chi connectivity index (χ2v) is 8.28. The van der Waals surface area contributed by atoms with Crippen molar-refractivity contribution in [2.24, 2.45) is 0 Å². The minimum atomic E-state index is -0.333. The van der Waals surface area contributed by atoms with E-state index in [0.717, 1.165) is 11.1 Å². The minimum Gasteiger partial charge on any atom is -0.352 e. The molecule has 34 heavy (non-hydrogen) atoms. The van der Waals surface area contributed by atoms with E-state index >= 15 is 0 Å². The van der Waals surface area contributed by atoms with Gasteiger partial charge in [0.05, 0.1) is 22.3 Å². The Kier molecular flexibility index (Phi) is 6.97. The van der Waals surface area contributed by atoms with Crippen LogP contribution in [0, 0.1) is 5.82 Å². The first kappa shape index (κ1) is 23.1. The standard InChI is InChI=1S/C28H26FN3O2/c1-32(2)28(34)25-24(27(33)30-17-9-11-19-10-8-14-21(29)18-19)22-15-6-7-16-23(22)31-26(25)20-12-4-3-5-13-20/h3-8,10,12-16,18H,9,11,17H2,1-2H3,(H,30,33). The lowest BCUT2D eigenvalue weighted by Gasteiger charge is -2.19. The van der Waals surface area contributed by atoms with Gasteiger partial charge >= 0.3 is 0 Å². The summed E-state index contributed by atoms with van der Waals surface area (Å²) in [5.74, 6) is -0.896. The molecule has 0 saturated carbocycles. The molecule has 4 aromatic rings. The fraction of sp³-hybridized carbons (Fsp3) is 0.179. The number of nitrogens with zero attached hydrogens (tertiary/aromatic N) is 2. The number of fused-ring (bicyclic) bond motifs is 1. The minimum absolute atomic E-state index is 0.273. The molecule has 3 aromatic carbocycles. The third kappa shape index (κ3) is 4.96. The largest absolute Gasteiger partial charge is 0.352 e. The molecule has 4 rings (SSSR count). The summed E-state index contributed by atoms with van der Waals surface area (Å²) in [6.45, 7) is 0.391. The number of nitrogens with one attached hydrogen (secondary N) is 1. The summed E-state index contributed by atoms with van der Waals surface area (Å²) < 4.78 is 13.4. The van der Waals surface area contributed by atoms with Crippen LogP contribution in [0.3, 0.4) is 0 Å². The Labute approximate surface area is 198 Å². The van der Waals surface area contributed by atoms with E-state index in [0.29, 0.717) is 41.5 Å². The molecule has 0 fully saturated rings. The zero-order valence-corrected chi connectivity index (χ0v) is 19.2. The molecule has 0 aliphatic heterocycles. The maximum absolute atomic E-state index is 13.5. The Morgan fingerprint density at radius 1 is 0.912 bits per heavy atom. The number of carbonyl (C=O) groups is 2. The zero-order chi connectivity index (χ0) is 24.1. The molecular formula is C28H26FN3O2. The van der Waals surface area contributed by atoms with Crippen molar-refractivity contribution in [1.29, 1.82) is 0 Å². The van der Waals surface area contributed by atoms with E-state index in [1.165, 1.54) is 17.0 Å². The van der Waals surface area contributed by atoms with Gasteiger partial charge in [-0.2, -0.15) is 0 Å². The Morgan fingerprint density at radius 3 is 2.38 bits per heavy atom. The first-order valence-electron chi connectivity index (χ1n) is 11.2. The number of rotatable bonds is 7. The molecule has 1 aromatic heterocycles. The van der Waals surface area contributed by atoms with E-state index in [2.05, 4.69) is 5.32 Å². The Hall–Kier alpha value is -4.06. The fourth-order valence-electron chi connectivity index (χ4n) is 3.96. The smallest absolute Gasteiger partial charge is 0.256 e. The topological polar surface area (TPSA) is 62.3 Å². The molecular weight excluding hydrogens is 429 g/mol. The van der Waals surface area contributed by atoms with Gasteiger partial charge < -0.3 is 10.2 Å². The second kappa shape index (κ2) is 10.3. The van der Waals surface area contributed by atoms with Gasteiger partial charge in [-0.3, -0.25) is 9.59 Å². The summed E-state index contributed by atoms with van der Waals surface area (Å²) in [4.78, 5) is 33.0. The second-order valence-electron chi connectivity index (χ2n) is 8.28. The summed E-state index contributed by atoms with van der Waals surface area (Å²) in [7, 11) is 3.32. The Morgan fingerprint density at radius 2 is 1.65 bits per heavy atom. The van der Waals surface area contributed by atoms with Gasteiger partial charge in [-0.25, -0.2) is 9.37 Å². The highest BCUT2D eigenvalue weighted by atomic mass is 19.1. The van der Waals surface area contributed by atoms with Crippen molar-refractivity contribution < 1.29 is 14.0 Å². The molecule has 1 N–H and O–H groups in total. The first-order chi connectivity index (χ1) is 16.5. The number of benzene rings is 3. The number of carbonyl (C=O) groups excluding carboxylic acids is 2. The van der Waals surface area contributed by atoms with Gasteiger partial charge in [-0.05, 0) is 36.6 Å². The van der Waals surface area contributed by atoms with Gasteiger partial charge in [-0.15, -0.1) is 0 Å². The molecule has 172 valence electrons. The number of pyridine rings is 1. The average molecular weight is 456 g/mol. The van der Waals surface area contributed by atoms with Gasteiger partial charge in [0.25, 0.3) is 11.8 Å². The van der Waals surface area contributed by atoms with Crippen molar-refractivity contribution in [2.45, 2.75) is 12.8 Å². The Balaban J connectivity index is 1.71. The predicted molar refractivity (Wildman–Crippen MR) is 132 cm³/mol. The fourth-order valence-corrected chi connectivity index (χ4v) is 3.96. The summed E-state index contributed by atoms with van der Waals surface area (Å²) in [6, 6.07) is 23.2. The molecule has 0 aliphatic carbocycles. The maximum Gasteiger partial charge on any atom is 0.256 e. The van der Waals surface area contributed by atoms with Crippen molar-refractivity contribution in [1.82, 2.24) is 15.2 Å². The van der Waals surface area contributed by atoms with Crippen molar-refractivity contribution >= 4 is 22.7 Å². The van der Waals surface area contributed by atoms with Crippen LogP contribution < -0.4 is 5.32 Å².